The molecule has 1 aliphatic heterocycles. The van der Waals surface area contributed by atoms with Crippen molar-refractivity contribution in [3.8, 4) is 11.5 Å². The molecule has 0 aromatic heterocycles. The second kappa shape index (κ2) is 9.73. The summed E-state index contributed by atoms with van der Waals surface area (Å²) < 4.78 is 10.4. The van der Waals surface area contributed by atoms with Crippen LogP contribution in [0, 0.1) is 0 Å². The second-order valence-corrected chi connectivity index (χ2v) is 6.93. The Kier molecular flexibility index (Phi) is 6.84. The van der Waals surface area contributed by atoms with Crippen molar-refractivity contribution in [3.05, 3.63) is 59.2 Å². The zero-order chi connectivity index (χ0) is 20.6. The molecule has 29 heavy (non-hydrogen) atoms. The molecule has 3 rings (SSSR count). The molecule has 2 aromatic rings. The van der Waals surface area contributed by atoms with E-state index in [0.29, 0.717) is 17.9 Å². The van der Waals surface area contributed by atoms with Gasteiger partial charge in [-0.15, -0.1) is 0 Å². The third-order valence-electron chi connectivity index (χ3n) is 4.85. The van der Waals surface area contributed by atoms with E-state index in [1.54, 1.807) is 25.5 Å². The molecular weight excluding hydrogens is 370 g/mol. The van der Waals surface area contributed by atoms with E-state index >= 15 is 0 Å². The summed E-state index contributed by atoms with van der Waals surface area (Å²) in [4.78, 5) is 24.2. The minimum Gasteiger partial charge on any atom is -0.497 e. The number of methoxy groups -OCH3 is 1. The Morgan fingerprint density at radius 3 is 2.79 bits per heavy atom. The van der Waals surface area contributed by atoms with Crippen LogP contribution in [0.3, 0.4) is 0 Å². The van der Waals surface area contributed by atoms with Gasteiger partial charge in [0, 0.05) is 18.1 Å². The second-order valence-electron chi connectivity index (χ2n) is 6.93. The zero-order valence-electron chi connectivity index (χ0n) is 16.4. The standard InChI is InChI=1S/C22H25N3O4/c1-28-17-10-11-18-19(13-22(27)29-20(18)12-17)25-21(26)5-3-2-4-15-6-8-16(9-7-15)14-24-23/h6-12,14,19H,2-5,13,23H2,1H3,(H,25,26). The van der Waals surface area contributed by atoms with E-state index in [9.17, 15) is 9.59 Å². The van der Waals surface area contributed by atoms with Crippen molar-refractivity contribution in [3.63, 3.8) is 0 Å². The third-order valence-corrected chi connectivity index (χ3v) is 4.85. The number of hydrogen-bond acceptors (Lipinski definition) is 6. The van der Waals surface area contributed by atoms with Crippen molar-refractivity contribution in [2.45, 2.75) is 38.1 Å². The highest BCUT2D eigenvalue weighted by atomic mass is 16.5. The first kappa shape index (κ1) is 20.4. The quantitative estimate of drug-likeness (QED) is 0.179. The molecule has 1 atom stereocenters. The molecule has 1 unspecified atom stereocenters. The molecule has 3 N–H and O–H groups in total. The fourth-order valence-corrected chi connectivity index (χ4v) is 3.33. The van der Waals surface area contributed by atoms with E-state index in [2.05, 4.69) is 10.4 Å². The average Bonchev–Trinajstić information content (AvgIpc) is 2.72. The Labute approximate surface area is 169 Å². The first-order valence-corrected chi connectivity index (χ1v) is 9.59. The van der Waals surface area contributed by atoms with Crippen molar-refractivity contribution < 1.29 is 19.1 Å². The van der Waals surface area contributed by atoms with E-state index in [-0.39, 0.29) is 24.3 Å². The molecule has 1 heterocycles. The van der Waals surface area contributed by atoms with Crippen molar-refractivity contribution in [1.29, 1.82) is 0 Å². The van der Waals surface area contributed by atoms with Crippen molar-refractivity contribution >= 4 is 18.1 Å². The molecule has 0 saturated heterocycles. The number of rotatable bonds is 8. The van der Waals surface area contributed by atoms with Crippen LogP contribution in [0.15, 0.2) is 47.6 Å². The number of unbranched alkanes of at least 4 members (excludes halogenated alkanes) is 1. The summed E-state index contributed by atoms with van der Waals surface area (Å²) in [6.07, 6.45) is 4.70. The number of carbonyl (C=O) groups is 2. The van der Waals surface area contributed by atoms with E-state index in [4.69, 9.17) is 15.3 Å². The molecule has 2 aromatic carbocycles. The largest absolute Gasteiger partial charge is 0.497 e. The maximum atomic E-state index is 12.4. The maximum Gasteiger partial charge on any atom is 0.313 e. The molecule has 0 saturated carbocycles. The van der Waals surface area contributed by atoms with Gasteiger partial charge in [0.2, 0.25) is 5.91 Å². The molecule has 0 bridgehead atoms. The molecule has 0 fully saturated rings. The number of ether oxygens (including phenoxy) is 2. The summed E-state index contributed by atoms with van der Waals surface area (Å²) in [7, 11) is 1.55. The third kappa shape index (κ3) is 5.57. The average molecular weight is 395 g/mol. The zero-order valence-corrected chi connectivity index (χ0v) is 16.4. The summed E-state index contributed by atoms with van der Waals surface area (Å²) >= 11 is 0. The first-order chi connectivity index (χ1) is 14.1. The SMILES string of the molecule is COc1ccc2c(c1)OC(=O)CC2NC(=O)CCCCc1ccc(C=NN)cc1. The van der Waals surface area contributed by atoms with Crippen LogP contribution in [0.4, 0.5) is 0 Å². The number of benzene rings is 2. The Hall–Kier alpha value is -3.35. The summed E-state index contributed by atoms with van der Waals surface area (Å²) in [5, 5.41) is 6.46. The van der Waals surface area contributed by atoms with Gasteiger partial charge in [-0.2, -0.15) is 5.10 Å². The lowest BCUT2D eigenvalue weighted by molar-refractivity contribution is -0.136. The van der Waals surface area contributed by atoms with Crippen molar-refractivity contribution in [2.24, 2.45) is 10.9 Å². The van der Waals surface area contributed by atoms with Gasteiger partial charge >= 0.3 is 5.97 Å². The molecule has 152 valence electrons. The van der Waals surface area contributed by atoms with Crippen LogP contribution in [-0.4, -0.2) is 25.2 Å². The van der Waals surface area contributed by atoms with Gasteiger partial charge in [0.15, 0.2) is 0 Å². The van der Waals surface area contributed by atoms with Crippen molar-refractivity contribution in [1.82, 2.24) is 5.32 Å². The molecule has 7 heteroatoms. The lowest BCUT2D eigenvalue weighted by Crippen LogP contribution is -2.34. The van der Waals surface area contributed by atoms with Crippen LogP contribution < -0.4 is 20.6 Å². The molecule has 0 radical (unpaired) electrons. The highest BCUT2D eigenvalue weighted by molar-refractivity contribution is 5.81. The van der Waals surface area contributed by atoms with Crippen LogP contribution in [0.2, 0.25) is 0 Å². The number of amides is 1. The van der Waals surface area contributed by atoms with E-state index < -0.39 is 0 Å². The van der Waals surface area contributed by atoms with Gasteiger partial charge in [0.1, 0.15) is 11.5 Å². The Morgan fingerprint density at radius 2 is 2.07 bits per heavy atom. The normalized spacial score (nSPS) is 15.6. The van der Waals surface area contributed by atoms with Gasteiger partial charge in [-0.05, 0) is 42.5 Å². The lowest BCUT2D eigenvalue weighted by atomic mass is 9.99. The highest BCUT2D eigenvalue weighted by Crippen LogP contribution is 2.35. The molecule has 0 aliphatic carbocycles. The van der Waals surface area contributed by atoms with Gasteiger partial charge in [0.05, 0.1) is 25.8 Å². The van der Waals surface area contributed by atoms with Gasteiger partial charge in [-0.25, -0.2) is 0 Å². The topological polar surface area (TPSA) is 103 Å². The lowest BCUT2D eigenvalue weighted by Gasteiger charge is -2.25. The number of hydrazone groups is 1. The maximum absolute atomic E-state index is 12.4. The first-order valence-electron chi connectivity index (χ1n) is 9.59. The van der Waals surface area contributed by atoms with Crippen LogP contribution in [0.5, 0.6) is 11.5 Å². The number of nitrogens with two attached hydrogens (primary N) is 1. The van der Waals surface area contributed by atoms with E-state index in [0.717, 1.165) is 30.4 Å². The Morgan fingerprint density at radius 1 is 1.28 bits per heavy atom. The number of hydrogen-bond donors (Lipinski definition) is 2. The molecule has 1 amide bonds. The van der Waals surface area contributed by atoms with Gasteiger partial charge < -0.3 is 20.6 Å². The van der Waals surface area contributed by atoms with Gasteiger partial charge in [-0.3, -0.25) is 9.59 Å². The molecule has 7 nitrogen and oxygen atoms in total. The molecule has 0 spiro atoms. The van der Waals surface area contributed by atoms with E-state index in [1.165, 1.54) is 5.56 Å². The van der Waals surface area contributed by atoms with Crippen LogP contribution in [0.1, 0.15) is 48.4 Å². The minimum atomic E-state index is -0.374. The molecular formula is C22H25N3O4. The summed E-state index contributed by atoms with van der Waals surface area (Å²) in [5.41, 5.74) is 2.96. The number of esters is 1. The fraction of sp³-hybridized carbons (Fsp3) is 0.318. The van der Waals surface area contributed by atoms with Crippen LogP contribution in [0.25, 0.3) is 0 Å². The van der Waals surface area contributed by atoms with Gasteiger partial charge in [-0.1, -0.05) is 24.3 Å². The summed E-state index contributed by atoms with van der Waals surface area (Å²) in [5.74, 6) is 5.75. The predicted octanol–water partition coefficient (Wildman–Crippen LogP) is 2.87. The van der Waals surface area contributed by atoms with Gasteiger partial charge in [0.25, 0.3) is 0 Å². The summed E-state index contributed by atoms with van der Waals surface area (Å²) in [6, 6.07) is 12.9. The Balaban J connectivity index is 1.48. The molecule has 1 aliphatic rings. The smallest absolute Gasteiger partial charge is 0.313 e. The number of aryl methyl sites for hydroxylation is 1. The summed E-state index contributed by atoms with van der Waals surface area (Å²) in [6.45, 7) is 0. The number of nitrogens with zero attached hydrogens (tertiary/aromatic N) is 1. The fourth-order valence-electron chi connectivity index (χ4n) is 3.33. The highest BCUT2D eigenvalue weighted by Gasteiger charge is 2.28. The van der Waals surface area contributed by atoms with Crippen LogP contribution in [-0.2, 0) is 16.0 Å². The van der Waals surface area contributed by atoms with E-state index in [1.807, 2.05) is 30.3 Å². The number of fused-ring (bicyclic) bond motifs is 1. The minimum absolute atomic E-state index is 0.0685. The van der Waals surface area contributed by atoms with Crippen LogP contribution >= 0.6 is 0 Å². The number of nitrogens with one attached hydrogen (secondary N) is 1. The monoisotopic (exact) mass is 395 g/mol. The van der Waals surface area contributed by atoms with Crippen molar-refractivity contribution in [2.75, 3.05) is 7.11 Å². The predicted molar refractivity (Wildman–Crippen MR) is 110 cm³/mol. The Bertz CT molecular complexity index is 893. The number of carbonyl (C=O) groups excluding carboxylic acids is 2.